The lowest BCUT2D eigenvalue weighted by molar-refractivity contribution is -0.197. The van der Waals surface area contributed by atoms with Gasteiger partial charge in [-0.25, -0.2) is 4.79 Å². The molecular formula is C92H149N11O22. The molecule has 33 heteroatoms. The van der Waals surface area contributed by atoms with Gasteiger partial charge in [0.2, 0.25) is 59.1 Å². The number of hydroxylamine groups is 2. The van der Waals surface area contributed by atoms with E-state index in [1.165, 1.54) is 52.3 Å². The van der Waals surface area contributed by atoms with E-state index in [2.05, 4.69) is 21.3 Å². The Labute approximate surface area is 740 Å². The summed E-state index contributed by atoms with van der Waals surface area (Å²) in [5.41, 5.74) is 1.37. The van der Waals surface area contributed by atoms with Gasteiger partial charge in [-0.15, -0.1) is 5.06 Å². The van der Waals surface area contributed by atoms with Crippen LogP contribution in [0.25, 0.3) is 0 Å². The van der Waals surface area contributed by atoms with Crippen molar-refractivity contribution in [3.8, 4) is 0 Å². The summed E-state index contributed by atoms with van der Waals surface area (Å²) >= 11 is 0. The third kappa shape index (κ3) is 30.3. The summed E-state index contributed by atoms with van der Waals surface area (Å²) in [5, 5.41) is 42.9. The van der Waals surface area contributed by atoms with Crippen LogP contribution in [-0.2, 0) is 90.9 Å². The summed E-state index contributed by atoms with van der Waals surface area (Å²) in [6.07, 6.45) is -1.10. The van der Waals surface area contributed by atoms with Gasteiger partial charge in [0.05, 0.1) is 97.6 Å². The van der Waals surface area contributed by atoms with Crippen LogP contribution in [0.3, 0.4) is 0 Å². The molecule has 0 aliphatic carbocycles. The SMILES string of the molecule is CC[C@H](C)[C@@H]([C@@H](CC(=O)N1CCC[C@H]1[C@H](OC)[C@@H](C)C(=O)N[C@H](C)[C@@H](O)c1ccccc1)OC)N(C)C(=O)[C@@H](NC(=O)[C@H](C(C)C)N(C)C(=O)CCCC(=O)O)C(C)C.CC[C@H](C)[C@@H]([C@@H](CC(=O)N1CCC[C@H]1[C@H](OC)[C@@H](C)C(=O)N[C@H](C)[C@@H](O)c1ccccc1)OC)N(C)C(=O)[C@@H](NC(=O)[C@H](C(C)C)N(C)C(=O)CCCC(=O)ON1C(=O)CCC1=O)C(C)C. The van der Waals surface area contributed by atoms with E-state index in [1.54, 1.807) is 127 Å². The number of aliphatic hydroxyl groups is 2. The van der Waals surface area contributed by atoms with Crippen molar-refractivity contribution in [2.75, 3.05) is 69.7 Å². The molecule has 125 heavy (non-hydrogen) atoms. The van der Waals surface area contributed by atoms with Crippen molar-refractivity contribution in [2.24, 2.45) is 47.3 Å². The number of nitrogens with zero attached hydrogens (tertiary/aromatic N) is 7. The third-order valence-electron chi connectivity index (χ3n) is 25.1. The number of benzene rings is 2. The Kier molecular flexibility index (Phi) is 45.3. The van der Waals surface area contributed by atoms with E-state index < -0.39 is 156 Å². The van der Waals surface area contributed by atoms with Gasteiger partial charge in [0, 0.05) is 108 Å². The average Bonchev–Trinajstić information content (AvgIpc) is 1.75. The van der Waals surface area contributed by atoms with E-state index in [0.717, 1.165) is 6.42 Å². The molecule has 0 radical (unpaired) electrons. The van der Waals surface area contributed by atoms with Crippen LogP contribution in [0.1, 0.15) is 237 Å². The van der Waals surface area contributed by atoms with Crippen molar-refractivity contribution in [3.05, 3.63) is 71.8 Å². The topological polar surface area (TPSA) is 417 Å². The van der Waals surface area contributed by atoms with Crippen molar-refractivity contribution >= 4 is 82.8 Å². The van der Waals surface area contributed by atoms with Gasteiger partial charge >= 0.3 is 11.9 Å². The molecule has 0 unspecified atom stereocenters. The number of amides is 12. The standard InChI is InChI=1S/C48H76N6O12.C44H73N5O10/c1-13-30(6)43(35(64-11)27-39(58)53-26-18-21-34(53)45(65-12)31(7)46(61)49-32(8)44(60)33-19-15-14-16-20-33)52(10)48(63)41(28(2)3)50-47(62)42(29(4)5)51(9)36(55)22-17-23-40(59)66-54-37(56)24-25-38(54)57;1-13-28(6)39(48(10)44(57)37(26(2)3)46-43(56)38(27(4)5)47(9)34(50)22-17-23-36(52)53)33(58-11)25-35(51)49-24-18-21-32(49)41(59-12)29(7)42(55)45-30(8)40(54)31-19-15-14-16-20-31/h14-16,19-20,28-32,34-35,41-45,60H,13,17-18,21-27H2,1-12H3,(H,49,61)(H,50,62);14-16,19-20,26-30,32-33,37-41,54H,13,17-18,21-25H2,1-12H3,(H,45,55)(H,46,56)(H,52,53)/t30-,31+,32+,34-,35+,41-,42-,43-,44+,45+;28-,29+,30+,32-,33+,37-,38-,39-,40+,41+/m00/s1. The highest BCUT2D eigenvalue weighted by Gasteiger charge is 2.48. The molecule has 0 saturated carbocycles. The van der Waals surface area contributed by atoms with Crippen molar-refractivity contribution in [1.82, 2.24) is 55.7 Å². The number of hydrogen-bond acceptors (Lipinski definition) is 21. The molecule has 3 aliphatic heterocycles. The van der Waals surface area contributed by atoms with Gasteiger partial charge in [-0.05, 0) is 99.0 Å². The molecule has 3 heterocycles. The van der Waals surface area contributed by atoms with Gasteiger partial charge in [0.15, 0.2) is 0 Å². The molecule has 3 saturated heterocycles. The number of ether oxygens (including phenoxy) is 4. The Morgan fingerprint density at radius 1 is 0.456 bits per heavy atom. The fraction of sp³-hybridized carbons (Fsp3) is 0.717. The number of likely N-dealkylation sites (tertiary alicyclic amines) is 2. The molecule has 704 valence electrons. The van der Waals surface area contributed by atoms with Crippen molar-refractivity contribution in [2.45, 2.75) is 311 Å². The maximum Gasteiger partial charge on any atom is 0.333 e. The van der Waals surface area contributed by atoms with E-state index in [1.807, 2.05) is 77.9 Å². The van der Waals surface area contributed by atoms with E-state index in [0.29, 0.717) is 61.4 Å². The highest BCUT2D eigenvalue weighted by atomic mass is 16.7. The normalized spacial score (nSPS) is 19.1. The molecule has 2 aromatic carbocycles. The Morgan fingerprint density at radius 3 is 1.10 bits per heavy atom. The molecule has 5 rings (SSSR count). The number of imide groups is 1. The maximum absolute atomic E-state index is 14.5. The summed E-state index contributed by atoms with van der Waals surface area (Å²) < 4.78 is 23.9. The molecule has 33 nitrogen and oxygen atoms in total. The first-order valence-corrected chi connectivity index (χ1v) is 44.5. The van der Waals surface area contributed by atoms with Crippen LogP contribution in [0.2, 0.25) is 0 Å². The zero-order chi connectivity index (χ0) is 94.3. The van der Waals surface area contributed by atoms with Crippen LogP contribution in [-0.4, -0.2) is 287 Å². The highest BCUT2D eigenvalue weighted by Crippen LogP contribution is 2.34. The number of hydrogen-bond donors (Lipinski definition) is 7. The molecular weight excluding hydrogens is 1610 g/mol. The number of carboxylic acids is 1. The number of carbonyl (C=O) groups is 14. The molecule has 0 aromatic heterocycles. The van der Waals surface area contributed by atoms with E-state index in [-0.39, 0.29) is 135 Å². The number of aliphatic hydroxyl groups excluding tert-OH is 2. The van der Waals surface area contributed by atoms with Crippen molar-refractivity contribution in [3.63, 3.8) is 0 Å². The number of aliphatic carboxylic acids is 1. The number of likely N-dealkylation sites (N-methyl/N-ethyl adjacent to an activating group) is 4. The number of carboxylic acid groups (broad SMARTS) is 1. The van der Waals surface area contributed by atoms with Crippen LogP contribution in [0.5, 0.6) is 0 Å². The zero-order valence-electron chi connectivity index (χ0n) is 78.6. The molecule has 20 atom stereocenters. The third-order valence-corrected chi connectivity index (χ3v) is 25.1. The Hall–Kier alpha value is -9.02. The summed E-state index contributed by atoms with van der Waals surface area (Å²) in [6, 6.07) is 11.2. The summed E-state index contributed by atoms with van der Waals surface area (Å²) in [6.45, 7) is 30.3. The first-order valence-electron chi connectivity index (χ1n) is 44.5. The molecule has 12 amide bonds. The fourth-order valence-electron chi connectivity index (χ4n) is 17.4. The molecule has 7 N–H and O–H groups in total. The van der Waals surface area contributed by atoms with E-state index >= 15 is 0 Å². The Bertz CT molecular complexity index is 3820. The second-order valence-corrected chi connectivity index (χ2v) is 35.5. The summed E-state index contributed by atoms with van der Waals surface area (Å²) in [7, 11) is 12.4. The van der Waals surface area contributed by atoms with E-state index in [9.17, 15) is 77.3 Å². The number of nitrogens with one attached hydrogen (secondary N) is 4. The molecule has 3 fully saturated rings. The zero-order valence-corrected chi connectivity index (χ0v) is 78.6. The number of methoxy groups -OCH3 is 4. The number of rotatable bonds is 49. The van der Waals surface area contributed by atoms with Crippen LogP contribution in [0.4, 0.5) is 0 Å². The van der Waals surface area contributed by atoms with Crippen LogP contribution < -0.4 is 21.3 Å². The average molecular weight is 1760 g/mol. The van der Waals surface area contributed by atoms with Gasteiger partial charge in [-0.3, -0.25) is 62.3 Å². The molecule has 0 spiro atoms. The van der Waals surface area contributed by atoms with Gasteiger partial charge < -0.3 is 89.8 Å². The van der Waals surface area contributed by atoms with Crippen LogP contribution in [0.15, 0.2) is 60.7 Å². The summed E-state index contributed by atoms with van der Waals surface area (Å²) in [5.74, 6) is -9.58. The van der Waals surface area contributed by atoms with Gasteiger partial charge in [-0.1, -0.05) is 170 Å². The maximum atomic E-state index is 14.5. The smallest absolute Gasteiger partial charge is 0.333 e. The van der Waals surface area contributed by atoms with Gasteiger partial charge in [-0.2, -0.15) is 0 Å². The lowest BCUT2D eigenvalue weighted by Crippen LogP contribution is -2.60. The second-order valence-electron chi connectivity index (χ2n) is 35.5. The Balaban J connectivity index is 0.000000528. The van der Waals surface area contributed by atoms with Crippen molar-refractivity contribution < 1.29 is 106 Å². The predicted molar refractivity (Wildman–Crippen MR) is 469 cm³/mol. The minimum atomic E-state index is -1.01. The Morgan fingerprint density at radius 2 is 0.800 bits per heavy atom. The fourth-order valence-corrected chi connectivity index (χ4v) is 17.4. The first kappa shape index (κ1) is 108. The second kappa shape index (κ2) is 52.3. The minimum absolute atomic E-state index is 0.0274. The van der Waals surface area contributed by atoms with Crippen molar-refractivity contribution in [1.29, 1.82) is 0 Å². The molecule has 3 aliphatic rings. The predicted octanol–water partition coefficient (Wildman–Crippen LogP) is 7.57. The summed E-state index contributed by atoms with van der Waals surface area (Å²) in [4.78, 5) is 200. The van der Waals surface area contributed by atoms with E-state index in [4.69, 9.17) is 28.9 Å². The monoisotopic (exact) mass is 1760 g/mol. The van der Waals surface area contributed by atoms with Gasteiger partial charge in [0.1, 0.15) is 24.2 Å². The number of carbonyl (C=O) groups excluding carboxylic acids is 13. The molecule has 2 aromatic rings. The first-order chi connectivity index (χ1) is 58.8. The molecule has 0 bridgehead atoms. The largest absolute Gasteiger partial charge is 0.481 e. The van der Waals surface area contributed by atoms with Gasteiger partial charge in [0.25, 0.3) is 11.8 Å². The van der Waals surface area contributed by atoms with Crippen LogP contribution in [0, 0.1) is 47.3 Å². The van der Waals surface area contributed by atoms with Crippen LogP contribution >= 0.6 is 0 Å². The lowest BCUT2D eigenvalue weighted by Gasteiger charge is -2.41. The minimum Gasteiger partial charge on any atom is -0.481 e. The highest BCUT2D eigenvalue weighted by molar-refractivity contribution is 6.01. The quantitative estimate of drug-likeness (QED) is 0.0314. The lowest BCUT2D eigenvalue weighted by atomic mass is 9.89.